The van der Waals surface area contributed by atoms with Gasteiger partial charge < -0.3 is 14.8 Å². The van der Waals surface area contributed by atoms with Crippen molar-refractivity contribution in [1.82, 2.24) is 9.38 Å². The summed E-state index contributed by atoms with van der Waals surface area (Å²) in [6.07, 6.45) is 0. The fraction of sp³-hybridized carbons (Fsp3) is 0.381. The number of fused-ring (bicyclic) bond motifs is 1. The van der Waals surface area contributed by atoms with Crippen LogP contribution in [-0.4, -0.2) is 29.1 Å². The number of nitrogens with zero attached hydrogens (tertiary/aromatic N) is 2. The number of hydrogen-bond acceptors (Lipinski definition) is 4. The normalized spacial score (nSPS) is 11.7. The molecule has 0 saturated carbocycles. The Balaban J connectivity index is 2.35. The number of imidazole rings is 1. The molecule has 2 heterocycles. The Labute approximate surface area is 155 Å². The third-order valence-electron chi connectivity index (χ3n) is 4.20. The average Bonchev–Trinajstić information content (AvgIpc) is 2.90. The van der Waals surface area contributed by atoms with E-state index < -0.39 is 0 Å². The minimum absolute atomic E-state index is 0.117. The maximum Gasteiger partial charge on any atom is 0.139 e. The van der Waals surface area contributed by atoms with Crippen LogP contribution >= 0.6 is 0 Å². The van der Waals surface area contributed by atoms with Crippen LogP contribution in [0.15, 0.2) is 30.3 Å². The zero-order valence-corrected chi connectivity index (χ0v) is 16.6. The van der Waals surface area contributed by atoms with Gasteiger partial charge >= 0.3 is 0 Å². The summed E-state index contributed by atoms with van der Waals surface area (Å²) in [7, 11) is 3.34. The summed E-state index contributed by atoms with van der Waals surface area (Å²) in [5, 5.41) is 3.62. The molecule has 3 rings (SSSR count). The topological polar surface area (TPSA) is 47.8 Å². The van der Waals surface area contributed by atoms with Crippen LogP contribution in [-0.2, 0) is 0 Å². The Hall–Kier alpha value is -2.69. The van der Waals surface area contributed by atoms with Gasteiger partial charge in [0.2, 0.25) is 0 Å². The summed E-state index contributed by atoms with van der Waals surface area (Å²) in [5.74, 6) is 2.49. The Bertz CT molecular complexity index is 952. The van der Waals surface area contributed by atoms with Crippen molar-refractivity contribution < 1.29 is 9.47 Å². The zero-order chi connectivity index (χ0) is 19.1. The van der Waals surface area contributed by atoms with E-state index in [-0.39, 0.29) is 5.54 Å². The van der Waals surface area contributed by atoms with E-state index >= 15 is 0 Å². The molecule has 0 bridgehead atoms. The number of aromatic nitrogens is 2. The molecule has 0 radical (unpaired) electrons. The predicted molar refractivity (Wildman–Crippen MR) is 107 cm³/mol. The first-order valence-corrected chi connectivity index (χ1v) is 8.74. The van der Waals surface area contributed by atoms with E-state index in [9.17, 15) is 0 Å². The number of methoxy groups -OCH3 is 2. The van der Waals surface area contributed by atoms with Gasteiger partial charge in [0.05, 0.1) is 14.2 Å². The van der Waals surface area contributed by atoms with Gasteiger partial charge in [-0.25, -0.2) is 4.98 Å². The molecule has 0 aliphatic rings. The van der Waals surface area contributed by atoms with Crippen molar-refractivity contribution in [1.29, 1.82) is 0 Å². The number of nitrogens with one attached hydrogen (secondary N) is 1. The highest BCUT2D eigenvalue weighted by atomic mass is 16.5. The number of pyridine rings is 1. The van der Waals surface area contributed by atoms with E-state index in [0.29, 0.717) is 0 Å². The summed E-state index contributed by atoms with van der Waals surface area (Å²) >= 11 is 0. The molecule has 0 spiro atoms. The lowest BCUT2D eigenvalue weighted by molar-refractivity contribution is 0.404. The van der Waals surface area contributed by atoms with Crippen molar-refractivity contribution in [2.24, 2.45) is 0 Å². The van der Waals surface area contributed by atoms with Crippen molar-refractivity contribution in [3.05, 3.63) is 41.6 Å². The minimum Gasteiger partial charge on any atom is -0.497 e. The molecule has 0 aliphatic carbocycles. The Morgan fingerprint density at radius 2 is 1.73 bits per heavy atom. The zero-order valence-electron chi connectivity index (χ0n) is 16.6. The van der Waals surface area contributed by atoms with Crippen LogP contribution in [0.5, 0.6) is 11.5 Å². The third-order valence-corrected chi connectivity index (χ3v) is 4.20. The highest BCUT2D eigenvalue weighted by Gasteiger charge is 2.23. The van der Waals surface area contributed by atoms with Crippen LogP contribution < -0.4 is 14.8 Å². The van der Waals surface area contributed by atoms with Crippen LogP contribution in [0.25, 0.3) is 16.9 Å². The monoisotopic (exact) mass is 353 g/mol. The van der Waals surface area contributed by atoms with E-state index in [0.717, 1.165) is 39.9 Å². The molecule has 0 atom stereocenters. The van der Waals surface area contributed by atoms with Gasteiger partial charge in [0.25, 0.3) is 0 Å². The first-order chi connectivity index (χ1) is 12.2. The van der Waals surface area contributed by atoms with Crippen LogP contribution in [0.1, 0.15) is 32.0 Å². The number of benzene rings is 1. The molecule has 5 nitrogen and oxygen atoms in total. The van der Waals surface area contributed by atoms with Crippen LogP contribution in [0.4, 0.5) is 5.82 Å². The molecule has 3 aromatic rings. The van der Waals surface area contributed by atoms with Crippen molar-refractivity contribution >= 4 is 11.5 Å². The lowest BCUT2D eigenvalue weighted by atomic mass is 10.1. The van der Waals surface area contributed by atoms with E-state index in [1.807, 2.05) is 18.2 Å². The largest absolute Gasteiger partial charge is 0.497 e. The van der Waals surface area contributed by atoms with Gasteiger partial charge in [0.15, 0.2) is 0 Å². The molecule has 26 heavy (non-hydrogen) atoms. The molecular formula is C21H27N3O2. The quantitative estimate of drug-likeness (QED) is 0.729. The Morgan fingerprint density at radius 1 is 1.00 bits per heavy atom. The Morgan fingerprint density at radius 3 is 2.35 bits per heavy atom. The number of anilines is 1. The van der Waals surface area contributed by atoms with Crippen molar-refractivity contribution in [3.63, 3.8) is 0 Å². The number of aryl methyl sites for hydroxylation is 2. The van der Waals surface area contributed by atoms with Gasteiger partial charge in [-0.2, -0.15) is 0 Å². The van der Waals surface area contributed by atoms with Gasteiger partial charge in [-0.3, -0.25) is 4.40 Å². The molecule has 0 aliphatic heterocycles. The van der Waals surface area contributed by atoms with E-state index in [2.05, 4.69) is 56.5 Å². The number of rotatable bonds is 4. The van der Waals surface area contributed by atoms with Crippen LogP contribution in [0.3, 0.4) is 0 Å². The maximum atomic E-state index is 5.60. The highest BCUT2D eigenvalue weighted by molar-refractivity contribution is 5.82. The molecule has 0 amide bonds. The summed E-state index contributed by atoms with van der Waals surface area (Å²) < 4.78 is 13.2. The summed E-state index contributed by atoms with van der Waals surface area (Å²) in [6, 6.07) is 10.0. The summed E-state index contributed by atoms with van der Waals surface area (Å²) in [5.41, 5.74) is 4.87. The molecule has 5 heteroatoms. The van der Waals surface area contributed by atoms with Crippen molar-refractivity contribution in [2.75, 3.05) is 19.5 Å². The van der Waals surface area contributed by atoms with Gasteiger partial charge in [-0.1, -0.05) is 0 Å². The third kappa shape index (κ3) is 3.34. The predicted octanol–water partition coefficient (Wildman–Crippen LogP) is 4.85. The van der Waals surface area contributed by atoms with Crippen molar-refractivity contribution in [2.45, 2.75) is 40.2 Å². The standard InChI is InChI=1S/C21H27N3O2/c1-13-10-14(2)24-18(11-13)22-19(20(24)23-21(3,4)5)16-12-15(25-6)8-9-17(16)26-7/h8-12,23H,1-7H3. The SMILES string of the molecule is COc1ccc(OC)c(-c2nc3cc(C)cc(C)n3c2NC(C)(C)C)c1. The summed E-state index contributed by atoms with van der Waals surface area (Å²) in [4.78, 5) is 4.94. The first-order valence-electron chi connectivity index (χ1n) is 8.74. The second-order valence-electron chi connectivity index (χ2n) is 7.62. The molecule has 138 valence electrons. The first kappa shape index (κ1) is 18.1. The lowest BCUT2D eigenvalue weighted by Gasteiger charge is -2.23. The smallest absolute Gasteiger partial charge is 0.139 e. The maximum absolute atomic E-state index is 5.60. The molecule has 1 N–H and O–H groups in total. The van der Waals surface area contributed by atoms with E-state index in [4.69, 9.17) is 14.5 Å². The van der Waals surface area contributed by atoms with Gasteiger partial charge in [-0.05, 0) is 70.5 Å². The summed E-state index contributed by atoms with van der Waals surface area (Å²) in [6.45, 7) is 10.6. The van der Waals surface area contributed by atoms with Crippen molar-refractivity contribution in [3.8, 4) is 22.8 Å². The molecule has 1 aromatic carbocycles. The molecule has 0 saturated heterocycles. The van der Waals surface area contributed by atoms with Gasteiger partial charge in [0, 0.05) is 16.8 Å². The van der Waals surface area contributed by atoms with Crippen LogP contribution in [0, 0.1) is 13.8 Å². The van der Waals surface area contributed by atoms with E-state index in [1.54, 1.807) is 14.2 Å². The average molecular weight is 353 g/mol. The highest BCUT2D eigenvalue weighted by Crippen LogP contribution is 2.39. The minimum atomic E-state index is -0.117. The lowest BCUT2D eigenvalue weighted by Crippen LogP contribution is -2.27. The fourth-order valence-corrected chi connectivity index (χ4v) is 3.19. The molecule has 0 unspecified atom stereocenters. The van der Waals surface area contributed by atoms with E-state index in [1.165, 1.54) is 5.56 Å². The Kier molecular flexibility index (Phi) is 4.57. The molecule has 0 fully saturated rings. The number of ether oxygens (including phenoxy) is 2. The fourth-order valence-electron chi connectivity index (χ4n) is 3.19. The van der Waals surface area contributed by atoms with Gasteiger partial charge in [0.1, 0.15) is 28.7 Å². The van der Waals surface area contributed by atoms with Gasteiger partial charge in [-0.15, -0.1) is 0 Å². The second kappa shape index (κ2) is 6.56. The second-order valence-corrected chi connectivity index (χ2v) is 7.62. The molecule has 2 aromatic heterocycles. The number of hydrogen-bond donors (Lipinski definition) is 1. The molecular weight excluding hydrogens is 326 g/mol. The van der Waals surface area contributed by atoms with Crippen LogP contribution in [0.2, 0.25) is 0 Å².